The number of benzene rings is 1. The molecule has 0 bridgehead atoms. The maximum Gasteiger partial charge on any atom is 0.00705 e. The lowest BCUT2D eigenvalue weighted by Gasteiger charge is -2.32. The van der Waals surface area contributed by atoms with Gasteiger partial charge >= 0.3 is 0 Å². The minimum absolute atomic E-state index is 0.418. The van der Waals surface area contributed by atoms with E-state index in [-0.39, 0.29) is 0 Å². The normalized spacial score (nSPS) is 31.5. The van der Waals surface area contributed by atoms with Gasteiger partial charge in [0.2, 0.25) is 0 Å². The van der Waals surface area contributed by atoms with Crippen LogP contribution in [-0.4, -0.2) is 6.04 Å². The molecule has 0 heterocycles. The summed E-state index contributed by atoms with van der Waals surface area (Å²) in [5.74, 6) is 1.55. The Morgan fingerprint density at radius 2 is 1.93 bits per heavy atom. The molecule has 0 aromatic heterocycles. The zero-order valence-corrected chi connectivity index (χ0v) is 9.52. The van der Waals surface area contributed by atoms with Gasteiger partial charge in [0.05, 0.1) is 0 Å². The third-order valence-corrected chi connectivity index (χ3v) is 3.64. The summed E-state index contributed by atoms with van der Waals surface area (Å²) in [6.45, 7) is 2.35. The highest BCUT2D eigenvalue weighted by molar-refractivity contribution is 5.15. The highest BCUT2D eigenvalue weighted by Gasteiger charge is 2.25. The molecule has 3 atom stereocenters. The van der Waals surface area contributed by atoms with E-state index < -0.39 is 0 Å². The van der Waals surface area contributed by atoms with Gasteiger partial charge in [-0.15, -0.1) is 0 Å². The van der Waals surface area contributed by atoms with Gasteiger partial charge < -0.3 is 5.73 Å². The van der Waals surface area contributed by atoms with Gasteiger partial charge in [-0.2, -0.15) is 0 Å². The van der Waals surface area contributed by atoms with E-state index in [0.29, 0.717) is 12.0 Å². The Morgan fingerprint density at radius 3 is 2.67 bits per heavy atom. The van der Waals surface area contributed by atoms with Crippen molar-refractivity contribution in [3.05, 3.63) is 35.9 Å². The van der Waals surface area contributed by atoms with Crippen LogP contribution in [0.15, 0.2) is 30.3 Å². The van der Waals surface area contributed by atoms with Gasteiger partial charge in [0.1, 0.15) is 0 Å². The van der Waals surface area contributed by atoms with Gasteiger partial charge in [-0.05, 0) is 43.1 Å². The van der Waals surface area contributed by atoms with Crippen LogP contribution in [0, 0.1) is 11.8 Å². The summed E-state index contributed by atoms with van der Waals surface area (Å²) < 4.78 is 0. The second-order valence-corrected chi connectivity index (χ2v) is 5.03. The second kappa shape index (κ2) is 4.80. The first-order valence-electron chi connectivity index (χ1n) is 6.05. The minimum Gasteiger partial charge on any atom is -0.327 e. The summed E-state index contributed by atoms with van der Waals surface area (Å²) >= 11 is 0. The van der Waals surface area contributed by atoms with Crippen molar-refractivity contribution in [2.24, 2.45) is 17.6 Å². The zero-order valence-electron chi connectivity index (χ0n) is 9.52. The van der Waals surface area contributed by atoms with Crippen LogP contribution < -0.4 is 5.73 Å². The van der Waals surface area contributed by atoms with Crippen molar-refractivity contribution in [1.82, 2.24) is 0 Å². The van der Waals surface area contributed by atoms with Gasteiger partial charge in [0.15, 0.2) is 0 Å². The molecule has 82 valence electrons. The van der Waals surface area contributed by atoms with Crippen LogP contribution in [0.3, 0.4) is 0 Å². The van der Waals surface area contributed by atoms with Crippen molar-refractivity contribution in [3.63, 3.8) is 0 Å². The van der Waals surface area contributed by atoms with E-state index in [0.717, 1.165) is 12.3 Å². The molecule has 0 spiro atoms. The number of nitrogens with two attached hydrogens (primary N) is 1. The summed E-state index contributed by atoms with van der Waals surface area (Å²) in [5, 5.41) is 0. The van der Waals surface area contributed by atoms with Crippen LogP contribution in [0.25, 0.3) is 0 Å². The number of hydrogen-bond donors (Lipinski definition) is 1. The molecule has 1 saturated carbocycles. The van der Waals surface area contributed by atoms with Crippen LogP contribution >= 0.6 is 0 Å². The first-order valence-corrected chi connectivity index (χ1v) is 6.05. The fourth-order valence-electron chi connectivity index (χ4n) is 2.67. The molecule has 0 radical (unpaired) electrons. The Hall–Kier alpha value is -0.820. The zero-order chi connectivity index (χ0) is 10.7. The van der Waals surface area contributed by atoms with Crippen molar-refractivity contribution < 1.29 is 0 Å². The van der Waals surface area contributed by atoms with Crippen molar-refractivity contribution in [2.45, 2.75) is 38.6 Å². The summed E-state index contributed by atoms with van der Waals surface area (Å²) in [6, 6.07) is 11.2. The van der Waals surface area contributed by atoms with E-state index in [1.165, 1.54) is 24.8 Å². The van der Waals surface area contributed by atoms with Crippen LogP contribution in [0.1, 0.15) is 31.7 Å². The Morgan fingerprint density at radius 1 is 1.20 bits per heavy atom. The molecule has 1 heteroatoms. The van der Waals surface area contributed by atoms with E-state index in [2.05, 4.69) is 37.3 Å². The summed E-state index contributed by atoms with van der Waals surface area (Å²) in [7, 11) is 0. The molecule has 1 fully saturated rings. The lowest BCUT2D eigenvalue weighted by atomic mass is 9.76. The maximum absolute atomic E-state index is 6.19. The van der Waals surface area contributed by atoms with Gasteiger partial charge in [-0.1, -0.05) is 37.3 Å². The molecule has 0 amide bonds. The maximum atomic E-state index is 6.19. The van der Waals surface area contributed by atoms with Crippen molar-refractivity contribution >= 4 is 0 Å². The third kappa shape index (κ3) is 2.82. The van der Waals surface area contributed by atoms with E-state index in [4.69, 9.17) is 5.73 Å². The van der Waals surface area contributed by atoms with Crippen LogP contribution in [0.4, 0.5) is 0 Å². The Labute approximate surface area is 92.7 Å². The van der Waals surface area contributed by atoms with E-state index in [9.17, 15) is 0 Å². The molecule has 0 saturated heterocycles. The van der Waals surface area contributed by atoms with Gasteiger partial charge in [0, 0.05) is 6.04 Å². The first-order chi connectivity index (χ1) is 7.25. The van der Waals surface area contributed by atoms with E-state index in [1.54, 1.807) is 0 Å². The Balaban J connectivity index is 1.98. The van der Waals surface area contributed by atoms with Gasteiger partial charge in [0.25, 0.3) is 0 Å². The van der Waals surface area contributed by atoms with Gasteiger partial charge in [-0.25, -0.2) is 0 Å². The number of rotatable bonds is 2. The average molecular weight is 203 g/mol. The molecular formula is C14H21N. The highest BCUT2D eigenvalue weighted by atomic mass is 14.7. The van der Waals surface area contributed by atoms with E-state index >= 15 is 0 Å². The van der Waals surface area contributed by atoms with Crippen molar-refractivity contribution in [1.29, 1.82) is 0 Å². The molecule has 1 nitrogen and oxygen atoms in total. The SMILES string of the molecule is C[C@@H]1CC[C@@H](N)[C@H](Cc2ccccc2)C1. The number of hydrogen-bond acceptors (Lipinski definition) is 1. The summed E-state index contributed by atoms with van der Waals surface area (Å²) in [5.41, 5.74) is 7.63. The third-order valence-electron chi connectivity index (χ3n) is 3.64. The van der Waals surface area contributed by atoms with Crippen LogP contribution in [-0.2, 0) is 6.42 Å². The summed E-state index contributed by atoms with van der Waals surface area (Å²) in [4.78, 5) is 0. The molecule has 1 aromatic rings. The Bertz CT molecular complexity index is 293. The van der Waals surface area contributed by atoms with Crippen molar-refractivity contribution in [3.8, 4) is 0 Å². The van der Waals surface area contributed by atoms with Crippen LogP contribution in [0.2, 0.25) is 0 Å². The smallest absolute Gasteiger partial charge is 0.00705 e. The summed E-state index contributed by atoms with van der Waals surface area (Å²) in [6.07, 6.45) is 4.98. The Kier molecular flexibility index (Phi) is 3.42. The standard InChI is InChI=1S/C14H21N/c1-11-7-8-14(15)13(9-11)10-12-5-3-2-4-6-12/h2-6,11,13-14H,7-10,15H2,1H3/t11-,13+,14-/m1/s1. The highest BCUT2D eigenvalue weighted by Crippen LogP contribution is 2.30. The predicted molar refractivity (Wildman–Crippen MR) is 64.6 cm³/mol. The monoisotopic (exact) mass is 203 g/mol. The molecule has 1 aliphatic rings. The van der Waals surface area contributed by atoms with Gasteiger partial charge in [-0.3, -0.25) is 0 Å². The lowest BCUT2D eigenvalue weighted by molar-refractivity contribution is 0.245. The predicted octanol–water partition coefficient (Wildman–Crippen LogP) is 2.99. The average Bonchev–Trinajstić information content (AvgIpc) is 2.25. The van der Waals surface area contributed by atoms with Crippen molar-refractivity contribution in [2.75, 3.05) is 0 Å². The minimum atomic E-state index is 0.418. The molecule has 2 N–H and O–H groups in total. The molecule has 1 aliphatic carbocycles. The topological polar surface area (TPSA) is 26.0 Å². The fourth-order valence-corrected chi connectivity index (χ4v) is 2.67. The molecule has 15 heavy (non-hydrogen) atoms. The molecule has 0 aliphatic heterocycles. The molecule has 0 unspecified atom stereocenters. The molecule has 2 rings (SSSR count). The van der Waals surface area contributed by atoms with E-state index in [1.807, 2.05) is 0 Å². The van der Waals surface area contributed by atoms with Crippen LogP contribution in [0.5, 0.6) is 0 Å². The first kappa shape index (κ1) is 10.7. The lowest BCUT2D eigenvalue weighted by Crippen LogP contribution is -2.36. The largest absolute Gasteiger partial charge is 0.327 e. The molecular weight excluding hydrogens is 182 g/mol. The molecule has 1 aromatic carbocycles. The second-order valence-electron chi connectivity index (χ2n) is 5.03. The quantitative estimate of drug-likeness (QED) is 0.785. The fraction of sp³-hybridized carbons (Fsp3) is 0.571.